The highest BCUT2D eigenvalue weighted by atomic mass is 35.5. The molecule has 0 spiro atoms. The zero-order chi connectivity index (χ0) is 32.0. The molecule has 3 heterocycles. The number of aromatic nitrogens is 3. The number of nitrogens with one attached hydrogen (secondary N) is 1. The molecule has 0 bridgehead atoms. The van der Waals surface area contributed by atoms with Gasteiger partial charge in [-0.3, -0.25) is 23.8 Å². The molecule has 10 heteroatoms. The number of aryl methyl sites for hydroxylation is 1. The molecule has 6 rings (SSSR count). The van der Waals surface area contributed by atoms with Gasteiger partial charge in [-0.1, -0.05) is 29.8 Å². The number of fused-ring (bicyclic) bond motifs is 1. The van der Waals surface area contributed by atoms with Crippen LogP contribution in [0, 0.1) is 12.8 Å². The second-order valence-corrected chi connectivity index (χ2v) is 13.2. The number of pyridine rings is 1. The smallest absolute Gasteiger partial charge is 0.333 e. The van der Waals surface area contributed by atoms with Gasteiger partial charge in [-0.25, -0.2) is 4.79 Å². The Bertz CT molecular complexity index is 1700. The number of carbonyl (C=O) groups is 1. The number of halogens is 1. The van der Waals surface area contributed by atoms with E-state index in [0.717, 1.165) is 80.6 Å². The van der Waals surface area contributed by atoms with E-state index in [1.807, 2.05) is 52.5 Å². The number of rotatable bonds is 8. The second kappa shape index (κ2) is 14.8. The lowest BCUT2D eigenvalue weighted by Gasteiger charge is -2.32. The molecule has 46 heavy (non-hydrogen) atoms. The van der Waals surface area contributed by atoms with E-state index in [0.29, 0.717) is 42.0 Å². The standard InChI is InChI=1S/C36H44ClN5O4/c1-25-32(20-27(37)21-38-25)35(43)39-28-14-12-26(13-15-28)22-41-33-10-6-7-11-34(33)42(36(41)44)29-8-4-3-5-9-31(17-16-29)46-24-30-23-45-19-18-40(30)2/h6-11,16-17,20-21,26,28,30H,3-5,12-15,18-19,22-24H2,1-2H3,(H,39,43)/b17-16-,29-8+,31-9-/t26-,28-,30-/m0/s1. The van der Waals surface area contributed by atoms with Gasteiger partial charge in [-0.05, 0) is 101 Å². The van der Waals surface area contributed by atoms with Crippen LogP contribution in [-0.4, -0.2) is 70.4 Å². The molecule has 2 fully saturated rings. The number of para-hydroxylation sites is 2. The van der Waals surface area contributed by atoms with Gasteiger partial charge in [0.25, 0.3) is 5.91 Å². The maximum absolute atomic E-state index is 14.1. The number of nitrogens with zero attached hydrogens (tertiary/aromatic N) is 4. The van der Waals surface area contributed by atoms with Crippen LogP contribution < -0.4 is 11.0 Å². The van der Waals surface area contributed by atoms with E-state index >= 15 is 0 Å². The minimum atomic E-state index is -0.134. The van der Waals surface area contributed by atoms with Crippen molar-refractivity contribution in [1.82, 2.24) is 24.3 Å². The molecule has 2 aromatic heterocycles. The summed E-state index contributed by atoms with van der Waals surface area (Å²) in [5.74, 6) is 1.04. The van der Waals surface area contributed by atoms with Gasteiger partial charge >= 0.3 is 5.69 Å². The summed E-state index contributed by atoms with van der Waals surface area (Å²) < 4.78 is 15.7. The molecule has 2 aliphatic carbocycles. The third kappa shape index (κ3) is 7.48. The average Bonchev–Trinajstić information content (AvgIpc) is 3.39. The first-order chi connectivity index (χ1) is 22.4. The van der Waals surface area contributed by atoms with E-state index in [4.69, 9.17) is 21.1 Å². The van der Waals surface area contributed by atoms with Crippen LogP contribution in [0.5, 0.6) is 0 Å². The lowest BCUT2D eigenvalue weighted by Crippen LogP contribution is -2.45. The number of amides is 1. The number of hydrogen-bond acceptors (Lipinski definition) is 6. The molecular formula is C36H44ClN5O4. The number of imidazole rings is 1. The largest absolute Gasteiger partial charge is 0.492 e. The highest BCUT2D eigenvalue weighted by Crippen LogP contribution is 2.28. The molecule has 1 saturated carbocycles. The molecule has 1 aromatic carbocycles. The highest BCUT2D eigenvalue weighted by molar-refractivity contribution is 6.30. The summed E-state index contributed by atoms with van der Waals surface area (Å²) in [4.78, 5) is 33.6. The SMILES string of the molecule is Cc1ncc(Cl)cc1C(=O)N[C@H]1CC[C@H](Cn2c(=O)n(C3=C/CCC/C=C(OC[C@@H]4COCCN4C)/C=C\3)c3ccccc32)CC1. The van der Waals surface area contributed by atoms with Crippen molar-refractivity contribution in [2.75, 3.05) is 33.4 Å². The molecule has 1 N–H and O–H groups in total. The number of allylic oxidation sites excluding steroid dienone is 5. The first-order valence-electron chi connectivity index (χ1n) is 16.5. The predicted octanol–water partition coefficient (Wildman–Crippen LogP) is 5.96. The van der Waals surface area contributed by atoms with Gasteiger partial charge in [-0.15, -0.1) is 0 Å². The van der Waals surface area contributed by atoms with Gasteiger partial charge in [0.1, 0.15) is 12.4 Å². The number of likely N-dealkylation sites (N-methyl/N-ethyl adjacent to an activating group) is 1. The van der Waals surface area contributed by atoms with Crippen LogP contribution in [0.15, 0.2) is 71.4 Å². The number of hydrogen-bond donors (Lipinski definition) is 1. The van der Waals surface area contributed by atoms with Gasteiger partial charge in [0, 0.05) is 31.0 Å². The fraction of sp³-hybridized carbons (Fsp3) is 0.472. The maximum Gasteiger partial charge on any atom is 0.333 e. The van der Waals surface area contributed by atoms with Crippen LogP contribution in [0.4, 0.5) is 0 Å². The normalized spacial score (nSPS) is 25.8. The molecule has 9 nitrogen and oxygen atoms in total. The molecule has 1 aliphatic heterocycles. The van der Waals surface area contributed by atoms with Crippen molar-refractivity contribution in [3.05, 3.63) is 93.4 Å². The third-order valence-electron chi connectivity index (χ3n) is 9.50. The lowest BCUT2D eigenvalue weighted by molar-refractivity contribution is -0.0198. The number of benzene rings is 1. The molecule has 0 unspecified atom stereocenters. The minimum absolute atomic E-state index is 0.0249. The molecule has 1 atom stereocenters. The van der Waals surface area contributed by atoms with Crippen LogP contribution in [0.3, 0.4) is 0 Å². The van der Waals surface area contributed by atoms with Crippen LogP contribution in [0.1, 0.15) is 61.0 Å². The molecule has 3 aliphatic rings. The highest BCUT2D eigenvalue weighted by Gasteiger charge is 2.26. The van der Waals surface area contributed by atoms with Crippen LogP contribution >= 0.6 is 11.6 Å². The van der Waals surface area contributed by atoms with E-state index in [1.165, 1.54) is 0 Å². The summed E-state index contributed by atoms with van der Waals surface area (Å²) in [6, 6.07) is 10.0. The summed E-state index contributed by atoms with van der Waals surface area (Å²) in [5.41, 5.74) is 3.87. The number of morpholine rings is 1. The molecule has 244 valence electrons. The van der Waals surface area contributed by atoms with Gasteiger partial charge in [0.2, 0.25) is 0 Å². The fourth-order valence-corrected chi connectivity index (χ4v) is 6.83. The first kappa shape index (κ1) is 32.3. The predicted molar refractivity (Wildman–Crippen MR) is 182 cm³/mol. The molecule has 1 amide bonds. The zero-order valence-electron chi connectivity index (χ0n) is 26.8. The third-order valence-corrected chi connectivity index (χ3v) is 9.71. The Labute approximate surface area is 275 Å². The average molecular weight is 646 g/mol. The van der Waals surface area contributed by atoms with Crippen molar-refractivity contribution < 1.29 is 14.3 Å². The van der Waals surface area contributed by atoms with Crippen molar-refractivity contribution >= 4 is 34.2 Å². The summed E-state index contributed by atoms with van der Waals surface area (Å²) in [7, 11) is 2.11. The zero-order valence-corrected chi connectivity index (χ0v) is 27.5. The molecule has 1 saturated heterocycles. The number of carbonyl (C=O) groups excluding carboxylic acids is 1. The van der Waals surface area contributed by atoms with Crippen molar-refractivity contribution in [3.8, 4) is 0 Å². The van der Waals surface area contributed by atoms with Gasteiger partial charge in [-0.2, -0.15) is 0 Å². The van der Waals surface area contributed by atoms with Gasteiger partial charge in [0.15, 0.2) is 0 Å². The monoisotopic (exact) mass is 645 g/mol. The summed E-state index contributed by atoms with van der Waals surface area (Å²) in [6.45, 7) is 5.36. The van der Waals surface area contributed by atoms with E-state index in [-0.39, 0.29) is 23.7 Å². The summed E-state index contributed by atoms with van der Waals surface area (Å²) >= 11 is 6.09. The minimum Gasteiger partial charge on any atom is -0.492 e. The van der Waals surface area contributed by atoms with Crippen molar-refractivity contribution in [1.29, 1.82) is 0 Å². The Morgan fingerprint density at radius 3 is 2.70 bits per heavy atom. The Hall–Kier alpha value is -3.66. The fourth-order valence-electron chi connectivity index (χ4n) is 6.68. The lowest BCUT2D eigenvalue weighted by atomic mass is 9.85. The van der Waals surface area contributed by atoms with E-state index < -0.39 is 0 Å². The first-order valence-corrected chi connectivity index (χ1v) is 16.9. The Kier molecular flexibility index (Phi) is 10.4. The van der Waals surface area contributed by atoms with Crippen molar-refractivity contribution in [2.45, 2.75) is 70.5 Å². The summed E-state index contributed by atoms with van der Waals surface area (Å²) in [6.07, 6.45) is 16.2. The molecule has 3 aromatic rings. The van der Waals surface area contributed by atoms with Gasteiger partial charge < -0.3 is 14.8 Å². The van der Waals surface area contributed by atoms with E-state index in [9.17, 15) is 9.59 Å². The maximum atomic E-state index is 14.1. The topological polar surface area (TPSA) is 90.6 Å². The molecule has 0 radical (unpaired) electrons. The van der Waals surface area contributed by atoms with Crippen molar-refractivity contribution in [2.24, 2.45) is 5.92 Å². The van der Waals surface area contributed by atoms with Crippen LogP contribution in [-0.2, 0) is 16.0 Å². The van der Waals surface area contributed by atoms with Crippen molar-refractivity contribution in [3.63, 3.8) is 0 Å². The Balaban J connectivity index is 1.15. The molecular weight excluding hydrogens is 602 g/mol. The Morgan fingerprint density at radius 1 is 1.11 bits per heavy atom. The van der Waals surface area contributed by atoms with Crippen LogP contribution in [0.25, 0.3) is 16.7 Å². The second-order valence-electron chi connectivity index (χ2n) is 12.7. The van der Waals surface area contributed by atoms with Crippen LogP contribution in [0.2, 0.25) is 5.02 Å². The Morgan fingerprint density at radius 2 is 1.89 bits per heavy atom. The summed E-state index contributed by atoms with van der Waals surface area (Å²) in [5, 5.41) is 3.63. The van der Waals surface area contributed by atoms with E-state index in [1.54, 1.807) is 12.3 Å². The van der Waals surface area contributed by atoms with E-state index in [2.05, 4.69) is 34.4 Å². The van der Waals surface area contributed by atoms with Gasteiger partial charge in [0.05, 0.1) is 46.6 Å². The number of ether oxygens (including phenoxy) is 2. The quantitative estimate of drug-likeness (QED) is 0.325.